The molecule has 1 radical (unpaired) electrons. The third-order valence-corrected chi connectivity index (χ3v) is 2.46. The maximum atomic E-state index is 11.1. The monoisotopic (exact) mass is 187 g/mol. The van der Waals surface area contributed by atoms with Gasteiger partial charge < -0.3 is 0 Å². The number of rotatable bonds is 0. The van der Waals surface area contributed by atoms with Crippen LogP contribution in [0.5, 0.6) is 0 Å². The molecule has 0 unspecified atom stereocenters. The molecule has 2 rings (SSSR count). The summed E-state index contributed by atoms with van der Waals surface area (Å²) in [5.74, 6) is 0.338. The third kappa shape index (κ3) is 2.37. The van der Waals surface area contributed by atoms with Crippen LogP contribution in [-0.2, 0) is 17.6 Å². The molecule has 1 aliphatic rings. The maximum Gasteiger partial charge on any atom is 0.137 e. The molecule has 1 aliphatic carbocycles. The van der Waals surface area contributed by atoms with Crippen molar-refractivity contribution in [3.63, 3.8) is 0 Å². The first-order valence-electron chi connectivity index (χ1n) is 4.05. The number of ketones is 1. The first-order valence-corrected chi connectivity index (χ1v) is 4.42. The van der Waals surface area contributed by atoms with Crippen molar-refractivity contribution >= 4 is 36.2 Å². The molecule has 0 atom stereocenters. The molecule has 1 aromatic carbocycles. The zero-order valence-electron chi connectivity index (χ0n) is 7.64. The number of hydrogen-bond acceptors (Lipinski definition) is 1. The summed E-state index contributed by atoms with van der Waals surface area (Å²) < 4.78 is 0. The third-order valence-electron chi connectivity index (χ3n) is 2.23. The second kappa shape index (κ2) is 4.33. The summed E-state index contributed by atoms with van der Waals surface area (Å²) >= 11 is 5.83. The van der Waals surface area contributed by atoms with Crippen LogP contribution in [0.4, 0.5) is 0 Å². The van der Waals surface area contributed by atoms with E-state index in [0.717, 1.165) is 17.0 Å². The van der Waals surface area contributed by atoms with E-state index in [0.29, 0.717) is 18.6 Å². The van der Waals surface area contributed by atoms with Gasteiger partial charge in [0.2, 0.25) is 0 Å². The Hall–Kier alpha value is -0.223. The van der Waals surface area contributed by atoms with Crippen LogP contribution in [0.3, 0.4) is 0 Å². The van der Waals surface area contributed by atoms with Crippen LogP contribution in [0.2, 0.25) is 5.02 Å². The van der Waals surface area contributed by atoms with Gasteiger partial charge in [-0.15, -0.1) is 0 Å². The van der Waals surface area contributed by atoms with Crippen LogP contribution in [0.1, 0.15) is 17.5 Å². The summed E-state index contributed by atoms with van der Waals surface area (Å²) in [6, 6.07) is 5.76. The number of carbonyl (C=O) groups excluding carboxylic acids is 1. The maximum absolute atomic E-state index is 11.1. The van der Waals surface area contributed by atoms with Crippen LogP contribution in [-0.4, -0.2) is 24.6 Å². The number of benzene rings is 1. The van der Waals surface area contributed by atoms with Crippen molar-refractivity contribution in [2.75, 3.05) is 0 Å². The summed E-state index contributed by atoms with van der Waals surface area (Å²) in [5.41, 5.74) is 2.39. The number of Topliss-reactive ketones (excluding diaryl/α,β-unsaturated/α-hetero) is 1. The van der Waals surface area contributed by atoms with Crippen LogP contribution >= 0.6 is 11.6 Å². The van der Waals surface area contributed by atoms with Gasteiger partial charge in [-0.2, -0.15) is 0 Å². The van der Waals surface area contributed by atoms with Gasteiger partial charge in [-0.05, 0) is 29.7 Å². The molecule has 0 saturated carbocycles. The second-order valence-electron chi connectivity index (χ2n) is 3.13. The minimum Gasteiger partial charge on any atom is -0.299 e. The average molecular weight is 188 g/mol. The van der Waals surface area contributed by atoms with Gasteiger partial charge in [0.25, 0.3) is 0 Å². The molecule has 0 aromatic heterocycles. The quantitative estimate of drug-likeness (QED) is 0.568. The normalized spacial score (nSPS) is 14.7. The fraction of sp³-hybridized carbons (Fsp3) is 0.300. The molecule has 0 saturated heterocycles. The van der Waals surface area contributed by atoms with Crippen molar-refractivity contribution in [2.45, 2.75) is 19.3 Å². The molecule has 0 spiro atoms. The van der Waals surface area contributed by atoms with Crippen molar-refractivity contribution in [1.82, 2.24) is 0 Å². The molecule has 1 nitrogen and oxygen atoms in total. The first kappa shape index (κ1) is 10.9. The molecule has 13 heavy (non-hydrogen) atoms. The van der Waals surface area contributed by atoms with E-state index in [1.807, 2.05) is 18.2 Å². The predicted octanol–water partition coefficient (Wildman–Crippen LogP) is 2.02. The molecule has 0 heterocycles. The number of halogens is 1. The van der Waals surface area contributed by atoms with E-state index in [1.54, 1.807) is 0 Å². The van der Waals surface area contributed by atoms with Crippen molar-refractivity contribution in [3.05, 3.63) is 34.3 Å². The van der Waals surface area contributed by atoms with Gasteiger partial charge in [0.15, 0.2) is 0 Å². The van der Waals surface area contributed by atoms with Gasteiger partial charge in [-0.1, -0.05) is 17.7 Å². The smallest absolute Gasteiger partial charge is 0.137 e. The summed E-state index contributed by atoms with van der Waals surface area (Å²) in [6.45, 7) is 0. The molecule has 0 amide bonds. The summed E-state index contributed by atoms with van der Waals surface area (Å²) in [4.78, 5) is 11.1. The minimum absolute atomic E-state index is 0. The van der Waals surface area contributed by atoms with Crippen molar-refractivity contribution in [1.29, 1.82) is 0 Å². The molecule has 0 N–H and O–H groups in total. The van der Waals surface area contributed by atoms with Gasteiger partial charge >= 0.3 is 0 Å². The van der Waals surface area contributed by atoms with Gasteiger partial charge in [0.1, 0.15) is 5.78 Å². The van der Waals surface area contributed by atoms with E-state index < -0.39 is 0 Å². The molecule has 0 bridgehead atoms. The molecule has 1 aromatic rings. The second-order valence-corrected chi connectivity index (χ2v) is 3.56. The Kier molecular flexibility index (Phi) is 3.61. The van der Waals surface area contributed by atoms with Gasteiger partial charge in [0.05, 0.1) is 0 Å². The van der Waals surface area contributed by atoms with E-state index >= 15 is 0 Å². The molecule has 3 heteroatoms. The summed E-state index contributed by atoms with van der Waals surface area (Å²) in [6.07, 6.45) is 2.12. The van der Waals surface area contributed by atoms with Gasteiger partial charge in [-0.3, -0.25) is 4.79 Å². The van der Waals surface area contributed by atoms with Gasteiger partial charge in [-0.25, -0.2) is 0 Å². The Balaban J connectivity index is 0.000000845. The van der Waals surface area contributed by atoms with Crippen LogP contribution in [0, 0.1) is 0 Å². The fourth-order valence-electron chi connectivity index (χ4n) is 1.57. The average Bonchev–Trinajstić information content (AvgIpc) is 2.05. The zero-order chi connectivity index (χ0) is 8.55. The Bertz CT molecular complexity index is 336. The summed E-state index contributed by atoms with van der Waals surface area (Å²) in [5, 5.41) is 0.767. The predicted molar refractivity (Wildman–Crippen MR) is 54.2 cm³/mol. The summed E-state index contributed by atoms with van der Waals surface area (Å²) in [7, 11) is 0. The Morgan fingerprint density at radius 3 is 2.69 bits per heavy atom. The Morgan fingerprint density at radius 1 is 1.15 bits per heavy atom. The number of carbonyl (C=O) groups is 1. The molecular weight excluding hydrogens is 179 g/mol. The number of hydrogen-bond donors (Lipinski definition) is 0. The topological polar surface area (TPSA) is 17.1 Å². The van der Waals surface area contributed by atoms with Crippen molar-refractivity contribution < 1.29 is 4.79 Å². The first-order chi connectivity index (χ1) is 5.75. The fourth-order valence-corrected chi connectivity index (χ4v) is 1.77. The van der Waals surface area contributed by atoms with Crippen molar-refractivity contribution in [3.8, 4) is 0 Å². The number of fused-ring (bicyclic) bond motifs is 1. The molecule has 0 fully saturated rings. The van der Waals surface area contributed by atoms with E-state index in [-0.39, 0.29) is 18.9 Å². The van der Waals surface area contributed by atoms with Crippen LogP contribution < -0.4 is 0 Å². The Labute approximate surface area is 94.6 Å². The Morgan fingerprint density at radius 2 is 1.92 bits per heavy atom. The minimum atomic E-state index is 0. The van der Waals surface area contributed by atoms with Crippen LogP contribution in [0.25, 0.3) is 0 Å². The van der Waals surface area contributed by atoms with Gasteiger partial charge in [0, 0.05) is 36.7 Å². The molecular formula is C10H9ClLiO. The molecule has 63 valence electrons. The standard InChI is InChI=1S/C10H9ClO.Li/c11-9-3-1-8-6-10(12)4-2-7(8)5-9;/h1,3,5H,2,4,6H2;. The van der Waals surface area contributed by atoms with E-state index in [4.69, 9.17) is 11.6 Å². The van der Waals surface area contributed by atoms with E-state index in [9.17, 15) is 4.79 Å². The zero-order valence-corrected chi connectivity index (χ0v) is 8.40. The largest absolute Gasteiger partial charge is 0.299 e. The number of aryl methyl sites for hydroxylation is 1. The van der Waals surface area contributed by atoms with E-state index in [1.165, 1.54) is 5.56 Å². The molecule has 0 aliphatic heterocycles. The SMILES string of the molecule is O=C1CCc2cc(Cl)ccc2C1.[Li]. The van der Waals surface area contributed by atoms with Crippen LogP contribution in [0.15, 0.2) is 18.2 Å². The van der Waals surface area contributed by atoms with Crippen molar-refractivity contribution in [2.24, 2.45) is 0 Å². The van der Waals surface area contributed by atoms with E-state index in [2.05, 4.69) is 0 Å².